The lowest BCUT2D eigenvalue weighted by molar-refractivity contribution is 1.07. The van der Waals surface area contributed by atoms with E-state index in [-0.39, 0.29) is 0 Å². The van der Waals surface area contributed by atoms with Crippen molar-refractivity contribution in [3.63, 3.8) is 0 Å². The largest absolute Gasteiger partial charge is 0.208 e. The zero-order valence-corrected chi connectivity index (χ0v) is 62.3. The van der Waals surface area contributed by atoms with E-state index < -0.39 is 0 Å². The number of fused-ring (bicyclic) bond motifs is 14. The van der Waals surface area contributed by atoms with Crippen molar-refractivity contribution in [2.45, 2.75) is 0 Å². The van der Waals surface area contributed by atoms with Crippen molar-refractivity contribution in [2.75, 3.05) is 0 Å². The molecule has 3 nitrogen and oxygen atoms in total. The predicted molar refractivity (Wildman–Crippen MR) is 484 cm³/mol. The molecule has 21 aromatic carbocycles. The van der Waals surface area contributed by atoms with Gasteiger partial charge < -0.3 is 0 Å². The van der Waals surface area contributed by atoms with Crippen molar-refractivity contribution in [2.24, 2.45) is 0 Å². The van der Waals surface area contributed by atoms with Crippen LogP contribution in [0.2, 0.25) is 0 Å². The summed E-state index contributed by atoms with van der Waals surface area (Å²) in [5.41, 5.74) is 22.5. The van der Waals surface area contributed by atoms with E-state index in [0.717, 1.165) is 22.3 Å². The van der Waals surface area contributed by atoms with Crippen LogP contribution in [0.15, 0.2) is 431 Å². The molecule has 0 unspecified atom stereocenters. The zero-order valence-electron chi connectivity index (χ0n) is 62.3. The van der Waals surface area contributed by atoms with Gasteiger partial charge in [0, 0.05) is 16.7 Å². The molecule has 530 valence electrons. The Labute approximate surface area is 661 Å². The van der Waals surface area contributed by atoms with Gasteiger partial charge in [-0.15, -0.1) is 0 Å². The van der Waals surface area contributed by atoms with E-state index in [2.05, 4.69) is 370 Å². The van der Waals surface area contributed by atoms with E-state index in [4.69, 9.17) is 15.0 Å². The lowest BCUT2D eigenvalue weighted by Crippen LogP contribution is -2.00. The van der Waals surface area contributed by atoms with Gasteiger partial charge >= 0.3 is 0 Å². The summed E-state index contributed by atoms with van der Waals surface area (Å²) >= 11 is 0. The van der Waals surface area contributed by atoms with Gasteiger partial charge in [0.15, 0.2) is 17.5 Å². The second-order valence-electron chi connectivity index (χ2n) is 29.4. The van der Waals surface area contributed by atoms with Crippen molar-refractivity contribution >= 4 is 97.0 Å². The van der Waals surface area contributed by atoms with Crippen LogP contribution >= 0.6 is 0 Å². The number of rotatable bonds is 11. The van der Waals surface area contributed by atoms with Crippen LogP contribution in [0.4, 0.5) is 0 Å². The quantitative estimate of drug-likeness (QED) is 0.121. The number of nitrogens with zero attached hydrogens (tertiary/aromatic N) is 3. The molecule has 22 rings (SSSR count). The molecule has 114 heavy (non-hydrogen) atoms. The van der Waals surface area contributed by atoms with Crippen LogP contribution in [-0.4, -0.2) is 15.0 Å². The zero-order chi connectivity index (χ0) is 75.4. The molecule has 0 saturated carbocycles. The first-order chi connectivity index (χ1) is 56.6. The monoisotopic (exact) mass is 1450 g/mol. The Morgan fingerprint density at radius 2 is 0.254 bits per heavy atom. The third-order valence-corrected chi connectivity index (χ3v) is 23.0. The smallest absolute Gasteiger partial charge is 0.164 e. The number of hydrogen-bond donors (Lipinski definition) is 0. The third kappa shape index (κ3) is 11.8. The molecule has 0 fully saturated rings. The molecular formula is C111H71N3. The van der Waals surface area contributed by atoms with Gasteiger partial charge in [-0.3, -0.25) is 0 Å². The molecule has 3 heteroatoms. The average molecular weight is 1450 g/mol. The molecule has 0 spiro atoms. The Morgan fingerprint density at radius 1 is 0.105 bits per heavy atom. The highest BCUT2D eigenvalue weighted by Crippen LogP contribution is 2.50. The van der Waals surface area contributed by atoms with Crippen molar-refractivity contribution in [1.29, 1.82) is 0 Å². The lowest BCUT2D eigenvalue weighted by atomic mass is 9.84. The van der Waals surface area contributed by atoms with Crippen molar-refractivity contribution in [1.82, 2.24) is 15.0 Å². The molecule has 0 radical (unpaired) electrons. The van der Waals surface area contributed by atoms with Crippen LogP contribution in [0, 0.1) is 0 Å². The lowest BCUT2D eigenvalue weighted by Gasteiger charge is -2.19. The minimum Gasteiger partial charge on any atom is -0.208 e. The molecule has 22 aromatic rings. The van der Waals surface area contributed by atoms with E-state index in [1.165, 1.54) is 180 Å². The van der Waals surface area contributed by atoms with E-state index in [1.54, 1.807) is 0 Å². The van der Waals surface area contributed by atoms with Gasteiger partial charge in [0.05, 0.1) is 0 Å². The van der Waals surface area contributed by atoms with E-state index >= 15 is 0 Å². The standard InChI is InChI=1S/C70H44.C41H27N3/c1-3-19-47(20-4-1)67-59-31-15-11-23-51(59)53-25-13-17-33-61(53)69(67)49-39-35-45(36-40-49)63-43-65-58-30-10-8-28-56(58)64(44-66(65)57-29-9-7-27-55(57)63)46-37-41-50(42-38-46)70-62-34-18-14-26-54(62)52-24-12-16-32-60(52)68(70)48-21-5-2-6-22-48;1-4-14-28(15-5-1)37-35-22-12-10-20-33(35)34-21-11-13-23-36(34)38(37)29-24-26-32(27-25-29)41-43-39(30-16-6-2-7-17-30)42-40(44-41)31-18-8-3-9-19-31/h1-44H;1-27H. The van der Waals surface area contributed by atoms with Crippen molar-refractivity contribution in [3.05, 3.63) is 431 Å². The van der Waals surface area contributed by atoms with Gasteiger partial charge in [-0.05, 0) is 198 Å². The maximum Gasteiger partial charge on any atom is 0.164 e. The molecule has 1 heterocycles. The normalized spacial score (nSPS) is 11.5. The molecule has 0 aliphatic heterocycles. The fourth-order valence-corrected chi connectivity index (χ4v) is 17.8. The highest BCUT2D eigenvalue weighted by Gasteiger charge is 2.24. The molecule has 0 N–H and O–H groups in total. The maximum absolute atomic E-state index is 4.94. The molecule has 0 bridgehead atoms. The van der Waals surface area contributed by atoms with Crippen molar-refractivity contribution < 1.29 is 0 Å². The summed E-state index contributed by atoms with van der Waals surface area (Å²) in [6, 6.07) is 156. The van der Waals surface area contributed by atoms with Gasteiger partial charge in [0.25, 0.3) is 0 Å². The first-order valence-corrected chi connectivity index (χ1v) is 39.1. The number of benzene rings is 21. The van der Waals surface area contributed by atoms with Crippen LogP contribution in [0.25, 0.3) is 220 Å². The Kier molecular flexibility index (Phi) is 16.9. The first-order valence-electron chi connectivity index (χ1n) is 39.1. The highest BCUT2D eigenvalue weighted by molar-refractivity contribution is 6.27. The van der Waals surface area contributed by atoms with Crippen LogP contribution in [0.5, 0.6) is 0 Å². The first kappa shape index (κ1) is 67.1. The SMILES string of the molecule is c1ccc(-c2c(-c3ccc(-c4cc5c6ccccc6c(-c6ccc(-c7c(-c8ccccc8)c8ccccc8c8ccccc78)cc6)cc5c5ccccc45)cc3)c3ccccc3c3ccccc23)cc1.c1ccc(-c2nc(-c3ccccc3)nc(-c3ccc(-c4c(-c5ccccc5)c5ccccc5c5ccccc45)cc3)n2)cc1. The third-order valence-electron chi connectivity index (χ3n) is 23.0. The average Bonchev–Trinajstić information content (AvgIpc) is 0.736. The minimum absolute atomic E-state index is 0.649. The molecular weight excluding hydrogens is 1380 g/mol. The summed E-state index contributed by atoms with van der Waals surface area (Å²) in [5, 5.41) is 22.7. The van der Waals surface area contributed by atoms with Crippen LogP contribution in [0.3, 0.4) is 0 Å². The highest BCUT2D eigenvalue weighted by atomic mass is 15.0. The Balaban J connectivity index is 0.000000159. The van der Waals surface area contributed by atoms with E-state index in [0.29, 0.717) is 17.5 Å². The van der Waals surface area contributed by atoms with Crippen molar-refractivity contribution in [3.8, 4) is 123 Å². The number of aromatic nitrogens is 3. The van der Waals surface area contributed by atoms with E-state index in [1.807, 2.05) is 60.7 Å². The summed E-state index contributed by atoms with van der Waals surface area (Å²) in [7, 11) is 0. The Bertz CT molecular complexity index is 7110. The van der Waals surface area contributed by atoms with E-state index in [9.17, 15) is 0 Å². The molecule has 0 aliphatic carbocycles. The summed E-state index contributed by atoms with van der Waals surface area (Å²) in [5.74, 6) is 1.96. The Hall–Kier alpha value is -15.0. The Morgan fingerprint density at radius 3 is 0.482 bits per heavy atom. The molecule has 0 atom stereocenters. The molecule has 0 aliphatic rings. The second-order valence-corrected chi connectivity index (χ2v) is 29.4. The van der Waals surface area contributed by atoms with Gasteiger partial charge in [-0.1, -0.05) is 419 Å². The summed E-state index contributed by atoms with van der Waals surface area (Å²) in [6.07, 6.45) is 0. The fraction of sp³-hybridized carbons (Fsp3) is 0. The van der Waals surface area contributed by atoms with Gasteiger partial charge in [-0.25, -0.2) is 15.0 Å². The topological polar surface area (TPSA) is 38.7 Å². The van der Waals surface area contributed by atoms with Gasteiger partial charge in [-0.2, -0.15) is 0 Å². The fourth-order valence-electron chi connectivity index (χ4n) is 17.8. The summed E-state index contributed by atoms with van der Waals surface area (Å²) in [6.45, 7) is 0. The molecule has 0 amide bonds. The number of hydrogen-bond acceptors (Lipinski definition) is 3. The van der Waals surface area contributed by atoms with Crippen LogP contribution < -0.4 is 0 Å². The summed E-state index contributed by atoms with van der Waals surface area (Å²) in [4.78, 5) is 14.7. The van der Waals surface area contributed by atoms with Crippen LogP contribution in [-0.2, 0) is 0 Å². The van der Waals surface area contributed by atoms with Gasteiger partial charge in [0.1, 0.15) is 0 Å². The molecule has 1 aromatic heterocycles. The van der Waals surface area contributed by atoms with Crippen LogP contribution in [0.1, 0.15) is 0 Å². The second kappa shape index (κ2) is 28.8. The predicted octanol–water partition coefficient (Wildman–Crippen LogP) is 30.3. The summed E-state index contributed by atoms with van der Waals surface area (Å²) < 4.78 is 0. The minimum atomic E-state index is 0.649. The molecule has 0 saturated heterocycles. The van der Waals surface area contributed by atoms with Gasteiger partial charge in [0.2, 0.25) is 0 Å². The maximum atomic E-state index is 4.94.